The van der Waals surface area contributed by atoms with Gasteiger partial charge < -0.3 is 15.2 Å². The number of carbonyl (C=O) groups excluding carboxylic acids is 2. The molecule has 0 atom stereocenters. The van der Waals surface area contributed by atoms with E-state index < -0.39 is 0 Å². The fourth-order valence-corrected chi connectivity index (χ4v) is 3.89. The van der Waals surface area contributed by atoms with Gasteiger partial charge in [-0.1, -0.05) is 36.4 Å². The average Bonchev–Trinajstić information content (AvgIpc) is 3.18. The number of piperidine rings is 1. The highest BCUT2D eigenvalue weighted by molar-refractivity contribution is 5.94. The van der Waals surface area contributed by atoms with Gasteiger partial charge in [-0.05, 0) is 42.5 Å². The molecule has 1 aromatic heterocycles. The molecule has 0 spiro atoms. The Morgan fingerprint density at radius 3 is 2.46 bits per heavy atom. The first-order valence-corrected chi connectivity index (χ1v) is 9.89. The Bertz CT molecular complexity index is 923. The number of hydrogen-bond acceptors (Lipinski definition) is 2. The van der Waals surface area contributed by atoms with Crippen LogP contribution in [0, 0.1) is 0 Å². The molecule has 0 saturated carbocycles. The van der Waals surface area contributed by atoms with Crippen molar-refractivity contribution in [3.05, 3.63) is 71.9 Å². The van der Waals surface area contributed by atoms with E-state index in [2.05, 4.69) is 34.6 Å². The second kappa shape index (κ2) is 8.30. The molecule has 0 unspecified atom stereocenters. The van der Waals surface area contributed by atoms with Gasteiger partial charge in [0.1, 0.15) is 0 Å². The standard InChI is InChI=1S/C23H25N3O2/c27-22(10-13-24-23(28)18-6-2-1-3-7-18)26-14-11-17(12-15-26)21-16-19-8-4-5-9-20(19)25-21/h1-9,16-17,25H,10-15H2,(H,24,28). The number of fused-ring (bicyclic) bond motifs is 1. The molecule has 0 bridgehead atoms. The molecule has 2 aromatic carbocycles. The van der Waals surface area contributed by atoms with Crippen LogP contribution in [0.3, 0.4) is 0 Å². The van der Waals surface area contributed by atoms with E-state index in [4.69, 9.17) is 0 Å². The van der Waals surface area contributed by atoms with Gasteiger partial charge >= 0.3 is 0 Å². The number of nitrogens with one attached hydrogen (secondary N) is 2. The molecule has 144 valence electrons. The highest BCUT2D eigenvalue weighted by Crippen LogP contribution is 2.30. The van der Waals surface area contributed by atoms with Crippen molar-refractivity contribution < 1.29 is 9.59 Å². The molecule has 1 saturated heterocycles. The van der Waals surface area contributed by atoms with Gasteiger partial charge in [0.25, 0.3) is 5.91 Å². The lowest BCUT2D eigenvalue weighted by Gasteiger charge is -2.31. The summed E-state index contributed by atoms with van der Waals surface area (Å²) in [5.41, 5.74) is 3.06. The summed E-state index contributed by atoms with van der Waals surface area (Å²) >= 11 is 0. The molecule has 5 heteroatoms. The Morgan fingerprint density at radius 2 is 1.71 bits per heavy atom. The van der Waals surface area contributed by atoms with E-state index in [1.165, 1.54) is 16.6 Å². The summed E-state index contributed by atoms with van der Waals surface area (Å²) in [4.78, 5) is 29.9. The first-order valence-electron chi connectivity index (χ1n) is 9.89. The number of rotatable bonds is 5. The van der Waals surface area contributed by atoms with Gasteiger partial charge in [-0.2, -0.15) is 0 Å². The number of hydrogen-bond donors (Lipinski definition) is 2. The van der Waals surface area contributed by atoms with Gasteiger partial charge in [0.2, 0.25) is 5.91 Å². The van der Waals surface area contributed by atoms with Crippen LogP contribution in [0.4, 0.5) is 0 Å². The zero-order valence-electron chi connectivity index (χ0n) is 15.9. The molecule has 28 heavy (non-hydrogen) atoms. The highest BCUT2D eigenvalue weighted by atomic mass is 16.2. The van der Waals surface area contributed by atoms with Crippen LogP contribution in [0.5, 0.6) is 0 Å². The minimum absolute atomic E-state index is 0.114. The predicted octanol–water partition coefficient (Wildman–Crippen LogP) is 3.69. The van der Waals surface area contributed by atoms with Gasteiger partial charge in [-0.15, -0.1) is 0 Å². The van der Waals surface area contributed by atoms with Crippen LogP contribution in [-0.2, 0) is 4.79 Å². The normalized spacial score (nSPS) is 14.9. The van der Waals surface area contributed by atoms with Crippen molar-refractivity contribution in [1.29, 1.82) is 0 Å². The zero-order valence-corrected chi connectivity index (χ0v) is 15.9. The summed E-state index contributed by atoms with van der Waals surface area (Å²) in [5, 5.41) is 4.07. The van der Waals surface area contributed by atoms with Crippen LogP contribution >= 0.6 is 0 Å². The summed E-state index contributed by atoms with van der Waals surface area (Å²) in [6.45, 7) is 1.91. The summed E-state index contributed by atoms with van der Waals surface area (Å²) in [7, 11) is 0. The van der Waals surface area contributed by atoms with Gasteiger partial charge in [0.15, 0.2) is 0 Å². The number of benzene rings is 2. The minimum atomic E-state index is -0.133. The third kappa shape index (κ3) is 4.09. The van der Waals surface area contributed by atoms with Crippen molar-refractivity contribution in [2.45, 2.75) is 25.2 Å². The molecule has 0 aliphatic carbocycles. The van der Waals surface area contributed by atoms with Crippen LogP contribution in [0.2, 0.25) is 0 Å². The third-order valence-corrected chi connectivity index (χ3v) is 5.50. The Morgan fingerprint density at radius 1 is 1.00 bits per heavy atom. The van der Waals surface area contributed by atoms with Gasteiger partial charge in [0.05, 0.1) is 0 Å². The number of likely N-dealkylation sites (tertiary alicyclic amines) is 1. The smallest absolute Gasteiger partial charge is 0.251 e. The second-order valence-electron chi connectivity index (χ2n) is 7.34. The topological polar surface area (TPSA) is 65.2 Å². The molecule has 5 nitrogen and oxygen atoms in total. The summed E-state index contributed by atoms with van der Waals surface area (Å²) in [6, 6.07) is 19.6. The molecule has 3 aromatic rings. The lowest BCUT2D eigenvalue weighted by Crippen LogP contribution is -2.39. The Kier molecular flexibility index (Phi) is 5.42. The fraction of sp³-hybridized carbons (Fsp3) is 0.304. The molecular weight excluding hydrogens is 350 g/mol. The van der Waals surface area contributed by atoms with Crippen molar-refractivity contribution >= 4 is 22.7 Å². The first kappa shape index (κ1) is 18.3. The summed E-state index contributed by atoms with van der Waals surface area (Å²) in [6.07, 6.45) is 2.28. The van der Waals surface area contributed by atoms with E-state index in [1.54, 1.807) is 12.1 Å². The van der Waals surface area contributed by atoms with E-state index in [0.29, 0.717) is 24.4 Å². The monoisotopic (exact) mass is 375 g/mol. The maximum absolute atomic E-state index is 12.5. The summed E-state index contributed by atoms with van der Waals surface area (Å²) in [5.74, 6) is 0.448. The van der Waals surface area contributed by atoms with Gasteiger partial charge in [-0.3, -0.25) is 9.59 Å². The Hall–Kier alpha value is -3.08. The molecule has 4 rings (SSSR count). The number of aromatic nitrogens is 1. The van der Waals surface area contributed by atoms with E-state index in [1.807, 2.05) is 29.2 Å². The number of H-pyrrole nitrogens is 1. The molecule has 0 radical (unpaired) electrons. The van der Waals surface area contributed by atoms with E-state index >= 15 is 0 Å². The van der Waals surface area contributed by atoms with E-state index in [9.17, 15) is 9.59 Å². The van der Waals surface area contributed by atoms with Crippen molar-refractivity contribution in [2.24, 2.45) is 0 Å². The van der Waals surface area contributed by atoms with Crippen LogP contribution in [0.15, 0.2) is 60.7 Å². The van der Waals surface area contributed by atoms with Crippen molar-refractivity contribution in [2.75, 3.05) is 19.6 Å². The lowest BCUT2D eigenvalue weighted by molar-refractivity contribution is -0.132. The van der Waals surface area contributed by atoms with Gasteiger partial charge in [-0.25, -0.2) is 0 Å². The van der Waals surface area contributed by atoms with Gasteiger partial charge in [0, 0.05) is 48.7 Å². The van der Waals surface area contributed by atoms with Crippen LogP contribution in [0.1, 0.15) is 41.2 Å². The van der Waals surface area contributed by atoms with Crippen molar-refractivity contribution in [3.8, 4) is 0 Å². The molecule has 2 heterocycles. The largest absolute Gasteiger partial charge is 0.358 e. The molecule has 1 aliphatic heterocycles. The minimum Gasteiger partial charge on any atom is -0.358 e. The van der Waals surface area contributed by atoms with Crippen molar-refractivity contribution in [1.82, 2.24) is 15.2 Å². The van der Waals surface area contributed by atoms with Crippen LogP contribution < -0.4 is 5.32 Å². The van der Waals surface area contributed by atoms with E-state index in [-0.39, 0.29) is 11.8 Å². The maximum atomic E-state index is 12.5. The maximum Gasteiger partial charge on any atom is 0.251 e. The second-order valence-corrected chi connectivity index (χ2v) is 7.34. The summed E-state index contributed by atoms with van der Waals surface area (Å²) < 4.78 is 0. The molecule has 2 amide bonds. The van der Waals surface area contributed by atoms with E-state index in [0.717, 1.165) is 25.9 Å². The number of nitrogens with zero attached hydrogens (tertiary/aromatic N) is 1. The number of amides is 2. The number of aromatic amines is 1. The SMILES string of the molecule is O=C(NCCC(=O)N1CCC(c2cc3ccccc3[nH]2)CC1)c1ccccc1. The first-order chi connectivity index (χ1) is 13.7. The molecule has 1 aliphatic rings. The van der Waals surface area contributed by atoms with Crippen molar-refractivity contribution in [3.63, 3.8) is 0 Å². The quantitative estimate of drug-likeness (QED) is 0.714. The molecular formula is C23H25N3O2. The lowest BCUT2D eigenvalue weighted by atomic mass is 9.93. The zero-order chi connectivity index (χ0) is 19.3. The number of carbonyl (C=O) groups is 2. The molecule has 2 N–H and O–H groups in total. The molecule has 1 fully saturated rings. The Balaban J connectivity index is 1.24. The Labute approximate surface area is 164 Å². The average molecular weight is 375 g/mol. The fourth-order valence-electron chi connectivity index (χ4n) is 3.89. The predicted molar refractivity (Wildman–Crippen MR) is 110 cm³/mol. The third-order valence-electron chi connectivity index (χ3n) is 5.50. The van der Waals surface area contributed by atoms with Crippen LogP contribution in [0.25, 0.3) is 10.9 Å². The highest BCUT2D eigenvalue weighted by Gasteiger charge is 2.24. The number of para-hydroxylation sites is 1. The van der Waals surface area contributed by atoms with Crippen LogP contribution in [-0.4, -0.2) is 41.3 Å².